The van der Waals surface area contributed by atoms with Gasteiger partial charge in [-0.3, -0.25) is 9.69 Å². The summed E-state index contributed by atoms with van der Waals surface area (Å²) >= 11 is 6.12. The van der Waals surface area contributed by atoms with Crippen LogP contribution in [0.4, 0.5) is 5.69 Å². The van der Waals surface area contributed by atoms with E-state index in [9.17, 15) is 4.79 Å². The summed E-state index contributed by atoms with van der Waals surface area (Å²) in [6, 6.07) is 19.9. The lowest BCUT2D eigenvalue weighted by atomic mass is 10.2. The third-order valence-electron chi connectivity index (χ3n) is 5.78. The first kappa shape index (κ1) is 22.4. The van der Waals surface area contributed by atoms with Crippen molar-refractivity contribution in [2.75, 3.05) is 44.2 Å². The van der Waals surface area contributed by atoms with Crippen molar-refractivity contribution in [2.45, 2.75) is 19.8 Å². The summed E-state index contributed by atoms with van der Waals surface area (Å²) in [5.41, 5.74) is 3.68. The molecular weight excluding hydrogens is 422 g/mol. The molecule has 2 aromatic carbocycles. The van der Waals surface area contributed by atoms with Crippen molar-refractivity contribution in [3.05, 3.63) is 77.1 Å². The lowest BCUT2D eigenvalue weighted by molar-refractivity contribution is 0.0942. The van der Waals surface area contributed by atoms with Crippen LogP contribution in [0.25, 0.3) is 5.69 Å². The zero-order chi connectivity index (χ0) is 22.3. The first-order chi connectivity index (χ1) is 15.6. The number of nitrogens with zero attached hydrogens (tertiary/aromatic N) is 4. The Morgan fingerprint density at radius 1 is 1.00 bits per heavy atom. The van der Waals surface area contributed by atoms with Crippen LogP contribution in [0.15, 0.2) is 60.7 Å². The number of rotatable bonds is 8. The molecule has 0 unspecified atom stereocenters. The molecule has 168 valence electrons. The fourth-order valence-electron chi connectivity index (χ4n) is 4.08. The minimum atomic E-state index is -0.116. The van der Waals surface area contributed by atoms with E-state index in [2.05, 4.69) is 33.2 Å². The molecule has 7 heteroatoms. The number of anilines is 1. The zero-order valence-electron chi connectivity index (χ0n) is 18.5. The summed E-state index contributed by atoms with van der Waals surface area (Å²) in [7, 11) is 0. The molecule has 1 N–H and O–H groups in total. The molecule has 0 bridgehead atoms. The molecule has 0 saturated carbocycles. The summed E-state index contributed by atoms with van der Waals surface area (Å²) in [5, 5.41) is 8.40. The summed E-state index contributed by atoms with van der Waals surface area (Å²) < 4.78 is 1.88. The Balaban J connectivity index is 1.28. The van der Waals surface area contributed by atoms with Gasteiger partial charge in [-0.15, -0.1) is 0 Å². The normalized spacial score (nSPS) is 14.5. The van der Waals surface area contributed by atoms with Crippen LogP contribution >= 0.6 is 11.6 Å². The van der Waals surface area contributed by atoms with Crippen LogP contribution < -0.4 is 10.2 Å². The Morgan fingerprint density at radius 2 is 1.75 bits per heavy atom. The molecule has 3 aromatic rings. The second-order valence-corrected chi connectivity index (χ2v) is 8.52. The van der Waals surface area contributed by atoms with Gasteiger partial charge in [-0.25, -0.2) is 4.68 Å². The van der Waals surface area contributed by atoms with Crippen molar-refractivity contribution in [2.24, 2.45) is 0 Å². The van der Waals surface area contributed by atoms with E-state index >= 15 is 0 Å². The maximum absolute atomic E-state index is 12.7. The topological polar surface area (TPSA) is 53.4 Å². The third kappa shape index (κ3) is 5.50. The van der Waals surface area contributed by atoms with Crippen molar-refractivity contribution in [1.29, 1.82) is 0 Å². The van der Waals surface area contributed by atoms with Gasteiger partial charge in [0, 0.05) is 55.7 Å². The Morgan fingerprint density at radius 3 is 2.47 bits per heavy atom. The van der Waals surface area contributed by atoms with Crippen LogP contribution in [0.2, 0.25) is 5.02 Å². The number of aromatic nitrogens is 2. The summed E-state index contributed by atoms with van der Waals surface area (Å²) in [5.74, 6) is -0.116. The molecular formula is C25H30ClN5O. The van der Waals surface area contributed by atoms with Gasteiger partial charge < -0.3 is 10.2 Å². The molecule has 1 fully saturated rings. The standard InChI is InChI=1S/C25H30ClN5O/c1-2-7-23-19-24(28-31(23)21-9-4-3-5-10-21)25(32)27-12-13-29-14-16-30(17-15-29)22-11-6-8-20(26)18-22/h3-6,8-11,18-19H,2,7,12-17H2,1H3,(H,27,32). The summed E-state index contributed by atoms with van der Waals surface area (Å²) in [4.78, 5) is 17.5. The van der Waals surface area contributed by atoms with E-state index in [0.717, 1.165) is 62.0 Å². The zero-order valence-corrected chi connectivity index (χ0v) is 19.3. The number of aryl methyl sites for hydroxylation is 1. The average Bonchev–Trinajstić information content (AvgIpc) is 3.24. The van der Waals surface area contributed by atoms with Gasteiger partial charge in [0.2, 0.25) is 0 Å². The highest BCUT2D eigenvalue weighted by Gasteiger charge is 2.18. The van der Waals surface area contributed by atoms with Crippen molar-refractivity contribution in [3.8, 4) is 5.69 Å². The number of hydrogen-bond donors (Lipinski definition) is 1. The maximum atomic E-state index is 12.7. The molecule has 32 heavy (non-hydrogen) atoms. The third-order valence-corrected chi connectivity index (χ3v) is 6.02. The summed E-state index contributed by atoms with van der Waals surface area (Å²) in [6.45, 7) is 7.41. The molecule has 1 aliphatic rings. The highest BCUT2D eigenvalue weighted by atomic mass is 35.5. The van der Waals surface area contributed by atoms with Crippen molar-refractivity contribution in [3.63, 3.8) is 0 Å². The molecule has 1 amide bonds. The highest BCUT2D eigenvalue weighted by molar-refractivity contribution is 6.30. The molecule has 0 radical (unpaired) electrons. The van der Waals surface area contributed by atoms with E-state index < -0.39 is 0 Å². The Labute approximate surface area is 194 Å². The van der Waals surface area contributed by atoms with Gasteiger partial charge in [0.1, 0.15) is 0 Å². The second kappa shape index (κ2) is 10.7. The smallest absolute Gasteiger partial charge is 0.271 e. The number of benzene rings is 2. The van der Waals surface area contributed by atoms with Crippen LogP contribution in [0, 0.1) is 0 Å². The molecule has 1 saturated heterocycles. The Hall–Kier alpha value is -2.83. The molecule has 0 atom stereocenters. The van der Waals surface area contributed by atoms with Gasteiger partial charge in [0.15, 0.2) is 5.69 Å². The molecule has 0 spiro atoms. The van der Waals surface area contributed by atoms with Crippen LogP contribution in [0.1, 0.15) is 29.5 Å². The van der Waals surface area contributed by atoms with E-state index in [1.54, 1.807) is 0 Å². The van der Waals surface area contributed by atoms with Gasteiger partial charge in [-0.2, -0.15) is 5.10 Å². The van der Waals surface area contributed by atoms with Gasteiger partial charge >= 0.3 is 0 Å². The fourth-order valence-corrected chi connectivity index (χ4v) is 4.26. The van der Waals surface area contributed by atoms with Gasteiger partial charge in [0.25, 0.3) is 5.91 Å². The van der Waals surface area contributed by atoms with E-state index in [1.807, 2.05) is 59.3 Å². The Bertz CT molecular complexity index is 1030. The van der Waals surface area contributed by atoms with Gasteiger partial charge in [-0.1, -0.05) is 49.2 Å². The van der Waals surface area contributed by atoms with Gasteiger partial charge in [0.05, 0.1) is 5.69 Å². The van der Waals surface area contributed by atoms with Crippen LogP contribution in [0.5, 0.6) is 0 Å². The number of halogens is 1. The quantitative estimate of drug-likeness (QED) is 0.561. The number of carbonyl (C=O) groups excluding carboxylic acids is 1. The highest BCUT2D eigenvalue weighted by Crippen LogP contribution is 2.20. The number of hydrogen-bond acceptors (Lipinski definition) is 4. The average molecular weight is 452 g/mol. The predicted octanol–water partition coefficient (Wildman–Crippen LogP) is 4.03. The lowest BCUT2D eigenvalue weighted by Crippen LogP contribution is -2.48. The Kier molecular flexibility index (Phi) is 7.45. The summed E-state index contributed by atoms with van der Waals surface area (Å²) in [6.07, 6.45) is 1.88. The van der Waals surface area contributed by atoms with Crippen molar-refractivity contribution in [1.82, 2.24) is 20.0 Å². The number of carbonyl (C=O) groups is 1. The van der Waals surface area contributed by atoms with E-state index in [-0.39, 0.29) is 5.91 Å². The largest absolute Gasteiger partial charge is 0.369 e. The fraction of sp³-hybridized carbons (Fsp3) is 0.360. The molecule has 4 rings (SSSR count). The van der Waals surface area contributed by atoms with Crippen LogP contribution in [0.3, 0.4) is 0 Å². The molecule has 1 aromatic heterocycles. The number of amides is 1. The monoisotopic (exact) mass is 451 g/mol. The van der Waals surface area contributed by atoms with Crippen LogP contribution in [-0.2, 0) is 6.42 Å². The number of nitrogens with one attached hydrogen (secondary N) is 1. The van der Waals surface area contributed by atoms with Crippen LogP contribution in [-0.4, -0.2) is 59.9 Å². The first-order valence-electron chi connectivity index (χ1n) is 11.3. The number of para-hydroxylation sites is 1. The predicted molar refractivity (Wildman–Crippen MR) is 130 cm³/mol. The van der Waals surface area contributed by atoms with E-state index in [0.29, 0.717) is 12.2 Å². The molecule has 0 aliphatic carbocycles. The van der Waals surface area contributed by atoms with E-state index in [4.69, 9.17) is 11.6 Å². The van der Waals surface area contributed by atoms with Gasteiger partial charge in [-0.05, 0) is 42.8 Å². The second-order valence-electron chi connectivity index (χ2n) is 8.08. The molecule has 6 nitrogen and oxygen atoms in total. The van der Waals surface area contributed by atoms with Crippen molar-refractivity contribution >= 4 is 23.2 Å². The molecule has 2 heterocycles. The van der Waals surface area contributed by atoms with E-state index in [1.165, 1.54) is 5.69 Å². The SMILES string of the molecule is CCCc1cc(C(=O)NCCN2CCN(c3cccc(Cl)c3)CC2)nn1-c1ccccc1. The number of piperazine rings is 1. The minimum Gasteiger partial charge on any atom is -0.369 e. The van der Waals surface area contributed by atoms with Crippen molar-refractivity contribution < 1.29 is 4.79 Å². The first-order valence-corrected chi connectivity index (χ1v) is 11.7. The lowest BCUT2D eigenvalue weighted by Gasteiger charge is -2.36. The molecule has 1 aliphatic heterocycles. The minimum absolute atomic E-state index is 0.116. The maximum Gasteiger partial charge on any atom is 0.271 e.